The number of hydrazine groups is 1. The first kappa shape index (κ1) is 20.6. The third-order valence-corrected chi connectivity index (χ3v) is 5.70. The van der Waals surface area contributed by atoms with Crippen LogP contribution in [0.25, 0.3) is 27.6 Å². The van der Waals surface area contributed by atoms with E-state index in [1.54, 1.807) is 34.0 Å². The fraction of sp³-hybridized carbons (Fsp3) is 0.409. The summed E-state index contributed by atoms with van der Waals surface area (Å²) >= 11 is 0. The SMILES string of the molecule is C/C(N)=C(\c1cnc2c3ccc(C(C)(C)O)cc3n(C3COCC3O)c2c1)N(C)N. The molecule has 1 aromatic carbocycles. The number of hydrogen-bond acceptors (Lipinski definition) is 7. The Hall–Kier alpha value is -2.65. The van der Waals surface area contributed by atoms with Crippen LogP contribution in [0.1, 0.15) is 37.9 Å². The molecule has 8 nitrogen and oxygen atoms in total. The summed E-state index contributed by atoms with van der Waals surface area (Å²) in [4.78, 5) is 4.73. The number of nitrogens with two attached hydrogens (primary N) is 2. The molecule has 1 saturated heterocycles. The Morgan fingerprint density at radius 1 is 1.27 bits per heavy atom. The van der Waals surface area contributed by atoms with E-state index >= 15 is 0 Å². The zero-order valence-electron chi connectivity index (χ0n) is 17.8. The minimum Gasteiger partial charge on any atom is -0.401 e. The van der Waals surface area contributed by atoms with E-state index in [1.165, 1.54) is 5.01 Å². The third-order valence-electron chi connectivity index (χ3n) is 5.70. The van der Waals surface area contributed by atoms with Gasteiger partial charge >= 0.3 is 0 Å². The number of pyridine rings is 1. The van der Waals surface area contributed by atoms with Gasteiger partial charge in [0.05, 0.1) is 47.1 Å². The lowest BCUT2D eigenvalue weighted by Gasteiger charge is -2.21. The van der Waals surface area contributed by atoms with Crippen LogP contribution in [-0.2, 0) is 10.3 Å². The number of benzene rings is 1. The highest BCUT2D eigenvalue weighted by molar-refractivity contribution is 6.06. The first-order valence-corrected chi connectivity index (χ1v) is 9.97. The van der Waals surface area contributed by atoms with Gasteiger partial charge in [-0.2, -0.15) is 0 Å². The number of allylic oxidation sites excluding steroid dienone is 1. The van der Waals surface area contributed by atoms with E-state index in [2.05, 4.69) is 4.57 Å². The second-order valence-electron chi connectivity index (χ2n) is 8.57. The average molecular weight is 412 g/mol. The molecular weight excluding hydrogens is 382 g/mol. The van der Waals surface area contributed by atoms with Crippen LogP contribution < -0.4 is 11.6 Å². The molecule has 1 fully saturated rings. The first-order chi connectivity index (χ1) is 14.1. The Morgan fingerprint density at radius 3 is 2.57 bits per heavy atom. The molecule has 3 heterocycles. The van der Waals surface area contributed by atoms with Crippen molar-refractivity contribution in [2.24, 2.45) is 11.6 Å². The van der Waals surface area contributed by atoms with Crippen molar-refractivity contribution < 1.29 is 14.9 Å². The van der Waals surface area contributed by atoms with Gasteiger partial charge in [-0.25, -0.2) is 5.84 Å². The topological polar surface area (TPSA) is 123 Å². The van der Waals surface area contributed by atoms with Crippen molar-refractivity contribution in [3.05, 3.63) is 47.3 Å². The summed E-state index contributed by atoms with van der Waals surface area (Å²) in [6.45, 7) is 5.98. The second-order valence-corrected chi connectivity index (χ2v) is 8.57. The number of nitrogens with zero attached hydrogens (tertiary/aromatic N) is 3. The standard InChI is InChI=1S/C22H29N5O3/c1-12(23)21(26(4)24)13-7-17-20(25-9-13)15-6-5-14(22(2,3)29)8-16(15)27(17)18-10-30-11-19(18)28/h5-9,18-19,28-29H,10-11,23-24H2,1-4H3/b21-12-. The van der Waals surface area contributed by atoms with E-state index in [4.69, 9.17) is 21.3 Å². The summed E-state index contributed by atoms with van der Waals surface area (Å²) in [5.74, 6) is 6.01. The molecule has 2 unspecified atom stereocenters. The minimum absolute atomic E-state index is 0.263. The van der Waals surface area contributed by atoms with Gasteiger partial charge in [0.15, 0.2) is 0 Å². The Morgan fingerprint density at radius 2 is 2.00 bits per heavy atom. The summed E-state index contributed by atoms with van der Waals surface area (Å²) in [6, 6.07) is 7.57. The summed E-state index contributed by atoms with van der Waals surface area (Å²) in [5.41, 5.74) is 10.5. The normalized spacial score (nSPS) is 20.8. The van der Waals surface area contributed by atoms with Crippen LogP contribution in [0.2, 0.25) is 0 Å². The number of fused-ring (bicyclic) bond motifs is 3. The van der Waals surface area contributed by atoms with E-state index in [1.807, 2.05) is 24.3 Å². The molecule has 1 aliphatic rings. The molecule has 2 aromatic heterocycles. The van der Waals surface area contributed by atoms with Gasteiger partial charge < -0.3 is 30.3 Å². The predicted molar refractivity (Wildman–Crippen MR) is 117 cm³/mol. The Labute approximate surface area is 175 Å². The van der Waals surface area contributed by atoms with Gasteiger partial charge in [-0.1, -0.05) is 12.1 Å². The van der Waals surface area contributed by atoms with Gasteiger partial charge in [0.25, 0.3) is 0 Å². The van der Waals surface area contributed by atoms with Crippen molar-refractivity contribution in [1.82, 2.24) is 14.6 Å². The minimum atomic E-state index is -0.992. The average Bonchev–Trinajstić information content (AvgIpc) is 3.20. The molecule has 2 atom stereocenters. The molecule has 0 aliphatic carbocycles. The summed E-state index contributed by atoms with van der Waals surface area (Å²) in [7, 11) is 1.73. The molecule has 0 spiro atoms. The van der Waals surface area contributed by atoms with E-state index in [0.717, 1.165) is 33.1 Å². The monoisotopic (exact) mass is 411 g/mol. The van der Waals surface area contributed by atoms with Crippen molar-refractivity contribution in [3.63, 3.8) is 0 Å². The van der Waals surface area contributed by atoms with Gasteiger partial charge in [0.1, 0.15) is 6.10 Å². The van der Waals surface area contributed by atoms with Gasteiger partial charge in [0, 0.05) is 29.9 Å². The maximum Gasteiger partial charge on any atom is 0.100 e. The van der Waals surface area contributed by atoms with Crippen molar-refractivity contribution in [1.29, 1.82) is 0 Å². The van der Waals surface area contributed by atoms with E-state index in [0.29, 0.717) is 18.0 Å². The van der Waals surface area contributed by atoms with Crippen LogP contribution >= 0.6 is 0 Å². The fourth-order valence-corrected chi connectivity index (χ4v) is 4.26. The van der Waals surface area contributed by atoms with Crippen molar-refractivity contribution >= 4 is 27.6 Å². The molecular formula is C22H29N5O3. The summed E-state index contributed by atoms with van der Waals surface area (Å²) in [5, 5.41) is 23.5. The van der Waals surface area contributed by atoms with Crippen LogP contribution in [0, 0.1) is 0 Å². The number of aromatic nitrogens is 2. The maximum atomic E-state index is 10.6. The molecule has 6 N–H and O–H groups in total. The smallest absolute Gasteiger partial charge is 0.100 e. The van der Waals surface area contributed by atoms with Crippen LogP contribution in [0.15, 0.2) is 36.2 Å². The quantitative estimate of drug-likeness (QED) is 0.381. The molecule has 4 rings (SSSR count). The van der Waals surface area contributed by atoms with E-state index in [9.17, 15) is 10.2 Å². The number of hydrogen-bond donors (Lipinski definition) is 4. The molecule has 0 radical (unpaired) electrons. The first-order valence-electron chi connectivity index (χ1n) is 9.97. The molecule has 30 heavy (non-hydrogen) atoms. The Bertz CT molecular complexity index is 1140. The highest BCUT2D eigenvalue weighted by atomic mass is 16.5. The predicted octanol–water partition coefficient (Wildman–Crippen LogP) is 1.80. The fourth-order valence-electron chi connectivity index (χ4n) is 4.26. The maximum absolute atomic E-state index is 10.6. The Kier molecular flexibility index (Phi) is 4.98. The van der Waals surface area contributed by atoms with Gasteiger partial charge in [-0.05, 0) is 38.5 Å². The lowest BCUT2D eigenvalue weighted by atomic mass is 9.97. The van der Waals surface area contributed by atoms with Crippen molar-refractivity contribution in [3.8, 4) is 0 Å². The van der Waals surface area contributed by atoms with Gasteiger partial charge in [-0.15, -0.1) is 0 Å². The highest BCUT2D eigenvalue weighted by Gasteiger charge is 2.31. The summed E-state index contributed by atoms with van der Waals surface area (Å²) in [6.07, 6.45) is 1.12. The molecule has 3 aromatic rings. The molecule has 1 aliphatic heterocycles. The molecule has 160 valence electrons. The third kappa shape index (κ3) is 3.31. The molecule has 0 amide bonds. The van der Waals surface area contributed by atoms with Crippen molar-refractivity contribution in [2.45, 2.75) is 38.5 Å². The van der Waals surface area contributed by atoms with Crippen LogP contribution in [0.5, 0.6) is 0 Å². The molecule has 8 heteroatoms. The van der Waals surface area contributed by atoms with Crippen molar-refractivity contribution in [2.75, 3.05) is 20.3 Å². The lowest BCUT2D eigenvalue weighted by molar-refractivity contribution is 0.0787. The largest absolute Gasteiger partial charge is 0.401 e. The van der Waals surface area contributed by atoms with E-state index in [-0.39, 0.29) is 12.6 Å². The zero-order chi connectivity index (χ0) is 21.8. The Balaban J connectivity index is 2.06. The number of rotatable bonds is 4. The lowest BCUT2D eigenvalue weighted by Crippen LogP contribution is -2.26. The molecule has 0 bridgehead atoms. The van der Waals surface area contributed by atoms with Crippen LogP contribution in [-0.4, -0.2) is 51.1 Å². The zero-order valence-corrected chi connectivity index (χ0v) is 17.8. The van der Waals surface area contributed by atoms with Gasteiger partial charge in [-0.3, -0.25) is 4.98 Å². The summed E-state index contributed by atoms with van der Waals surface area (Å²) < 4.78 is 7.61. The van der Waals surface area contributed by atoms with Crippen LogP contribution in [0.3, 0.4) is 0 Å². The number of aliphatic hydroxyl groups is 2. The van der Waals surface area contributed by atoms with E-state index < -0.39 is 11.7 Å². The number of ether oxygens (including phenoxy) is 1. The van der Waals surface area contributed by atoms with Gasteiger partial charge in [0.2, 0.25) is 0 Å². The van der Waals surface area contributed by atoms with Crippen LogP contribution in [0.4, 0.5) is 0 Å². The number of aliphatic hydroxyl groups excluding tert-OH is 1. The molecule has 0 saturated carbocycles. The second kappa shape index (κ2) is 7.24. The highest BCUT2D eigenvalue weighted by Crippen LogP contribution is 2.37.